The highest BCUT2D eigenvalue weighted by atomic mass is 32.2. The molecule has 178 valence electrons. The molecule has 0 fully saturated rings. The third-order valence-corrected chi connectivity index (χ3v) is 5.83. The second kappa shape index (κ2) is 14.0. The maximum absolute atomic E-state index is 12.7. The molecule has 9 nitrogen and oxygen atoms in total. The summed E-state index contributed by atoms with van der Waals surface area (Å²) in [4.78, 5) is 24.2. The van der Waals surface area contributed by atoms with Crippen LogP contribution in [0.3, 0.4) is 0 Å². The third-order valence-electron chi connectivity index (χ3n) is 4.69. The SMILES string of the molecule is CC1=C(C)SC(NC(=O)c2cc(NCCOCCOCCOCCC(=O)O)ccc2C)N1. The van der Waals surface area contributed by atoms with E-state index in [2.05, 4.69) is 16.0 Å². The van der Waals surface area contributed by atoms with Gasteiger partial charge in [-0.25, -0.2) is 0 Å². The molecule has 1 aliphatic heterocycles. The number of rotatable bonds is 15. The number of carbonyl (C=O) groups excluding carboxylic acids is 1. The van der Waals surface area contributed by atoms with Gasteiger partial charge < -0.3 is 35.3 Å². The molecule has 1 unspecified atom stereocenters. The van der Waals surface area contributed by atoms with Gasteiger partial charge in [-0.2, -0.15) is 0 Å². The first-order valence-corrected chi connectivity index (χ1v) is 11.5. The molecule has 0 spiro atoms. The van der Waals surface area contributed by atoms with E-state index in [0.717, 1.165) is 16.9 Å². The van der Waals surface area contributed by atoms with Gasteiger partial charge in [-0.05, 0) is 38.5 Å². The fraction of sp³-hybridized carbons (Fsp3) is 0.545. The van der Waals surface area contributed by atoms with Crippen molar-refractivity contribution in [2.75, 3.05) is 51.5 Å². The van der Waals surface area contributed by atoms with E-state index in [9.17, 15) is 9.59 Å². The van der Waals surface area contributed by atoms with Gasteiger partial charge in [0.25, 0.3) is 5.91 Å². The fourth-order valence-electron chi connectivity index (χ4n) is 2.80. The average Bonchev–Trinajstić information content (AvgIpc) is 3.06. The van der Waals surface area contributed by atoms with Crippen molar-refractivity contribution in [3.05, 3.63) is 39.9 Å². The Morgan fingerprint density at radius 2 is 1.69 bits per heavy atom. The minimum Gasteiger partial charge on any atom is -0.481 e. The highest BCUT2D eigenvalue weighted by molar-refractivity contribution is 8.03. The lowest BCUT2D eigenvalue weighted by atomic mass is 10.1. The number of carbonyl (C=O) groups is 2. The Hall–Kier alpha value is -2.27. The summed E-state index contributed by atoms with van der Waals surface area (Å²) < 4.78 is 16.0. The Labute approximate surface area is 193 Å². The van der Waals surface area contributed by atoms with Gasteiger partial charge in [-0.1, -0.05) is 17.8 Å². The molecule has 0 aliphatic carbocycles. The first kappa shape index (κ1) is 26.0. The maximum Gasteiger partial charge on any atom is 0.305 e. The van der Waals surface area contributed by atoms with E-state index in [1.807, 2.05) is 39.0 Å². The van der Waals surface area contributed by atoms with Crippen LogP contribution in [-0.2, 0) is 19.0 Å². The molecular weight excluding hydrogens is 434 g/mol. The van der Waals surface area contributed by atoms with E-state index in [-0.39, 0.29) is 24.4 Å². The molecule has 0 radical (unpaired) electrons. The van der Waals surface area contributed by atoms with Gasteiger partial charge in [0, 0.05) is 28.4 Å². The van der Waals surface area contributed by atoms with E-state index < -0.39 is 5.97 Å². The topological polar surface area (TPSA) is 118 Å². The molecule has 1 heterocycles. The van der Waals surface area contributed by atoms with Gasteiger partial charge in [0.2, 0.25) is 0 Å². The minimum absolute atomic E-state index is 0.00305. The number of aryl methyl sites for hydroxylation is 1. The molecule has 2 rings (SSSR count). The van der Waals surface area contributed by atoms with Crippen LogP contribution in [0.1, 0.15) is 36.2 Å². The summed E-state index contributed by atoms with van der Waals surface area (Å²) in [5.74, 6) is -0.986. The smallest absolute Gasteiger partial charge is 0.305 e. The van der Waals surface area contributed by atoms with Crippen molar-refractivity contribution in [3.63, 3.8) is 0 Å². The largest absolute Gasteiger partial charge is 0.481 e. The van der Waals surface area contributed by atoms with E-state index in [4.69, 9.17) is 19.3 Å². The van der Waals surface area contributed by atoms with E-state index in [0.29, 0.717) is 45.1 Å². The lowest BCUT2D eigenvalue weighted by Gasteiger charge is -2.16. The first-order chi connectivity index (χ1) is 15.4. The zero-order valence-corrected chi connectivity index (χ0v) is 19.7. The molecular formula is C22H33N3O6S. The second-order valence-electron chi connectivity index (χ2n) is 7.23. The van der Waals surface area contributed by atoms with E-state index in [1.54, 1.807) is 11.8 Å². The van der Waals surface area contributed by atoms with Crippen molar-refractivity contribution in [1.82, 2.24) is 10.6 Å². The summed E-state index contributed by atoms with van der Waals surface area (Å²) in [6, 6.07) is 5.72. The third kappa shape index (κ3) is 9.47. The van der Waals surface area contributed by atoms with Crippen LogP contribution in [0, 0.1) is 6.92 Å². The quantitative estimate of drug-likeness (QED) is 0.289. The normalized spacial score (nSPS) is 15.5. The number of hydrogen-bond acceptors (Lipinski definition) is 8. The number of carboxylic acids is 1. The number of ether oxygens (including phenoxy) is 3. The van der Waals surface area contributed by atoms with Gasteiger partial charge >= 0.3 is 5.97 Å². The van der Waals surface area contributed by atoms with E-state index >= 15 is 0 Å². The van der Waals surface area contributed by atoms with Gasteiger partial charge in [0.05, 0.1) is 46.1 Å². The summed E-state index contributed by atoms with van der Waals surface area (Å²) in [7, 11) is 0. The second-order valence-corrected chi connectivity index (χ2v) is 8.55. The van der Waals surface area contributed by atoms with Crippen molar-refractivity contribution in [2.45, 2.75) is 32.7 Å². The van der Waals surface area contributed by atoms with Crippen molar-refractivity contribution in [2.24, 2.45) is 0 Å². The molecule has 0 bridgehead atoms. The number of hydrogen-bond donors (Lipinski definition) is 4. The molecule has 0 saturated carbocycles. The molecule has 1 aromatic rings. The summed E-state index contributed by atoms with van der Waals surface area (Å²) in [6.07, 6.45) is -0.00305. The van der Waals surface area contributed by atoms with Gasteiger partial charge in [0.15, 0.2) is 5.50 Å². The van der Waals surface area contributed by atoms with Crippen LogP contribution in [-0.4, -0.2) is 68.7 Å². The zero-order valence-electron chi connectivity index (χ0n) is 18.9. The Morgan fingerprint density at radius 1 is 1.03 bits per heavy atom. The molecule has 0 aromatic heterocycles. The highest BCUT2D eigenvalue weighted by Gasteiger charge is 2.22. The van der Waals surface area contributed by atoms with Gasteiger partial charge in [-0.3, -0.25) is 9.59 Å². The Balaban J connectivity index is 1.59. The highest BCUT2D eigenvalue weighted by Crippen LogP contribution is 2.28. The number of amides is 1. The van der Waals surface area contributed by atoms with Crippen LogP contribution < -0.4 is 16.0 Å². The van der Waals surface area contributed by atoms with Crippen LogP contribution in [0.25, 0.3) is 0 Å². The Morgan fingerprint density at radius 3 is 2.31 bits per heavy atom. The predicted molar refractivity (Wildman–Crippen MR) is 125 cm³/mol. The molecule has 1 aromatic carbocycles. The lowest BCUT2D eigenvalue weighted by molar-refractivity contribution is -0.138. The number of nitrogens with one attached hydrogen (secondary N) is 3. The molecule has 1 atom stereocenters. The Bertz CT molecular complexity index is 788. The van der Waals surface area contributed by atoms with Crippen LogP contribution >= 0.6 is 11.8 Å². The van der Waals surface area contributed by atoms with Gasteiger partial charge in [-0.15, -0.1) is 0 Å². The van der Waals surface area contributed by atoms with Crippen molar-refractivity contribution in [3.8, 4) is 0 Å². The molecule has 10 heteroatoms. The molecule has 32 heavy (non-hydrogen) atoms. The number of allylic oxidation sites excluding steroid dienone is 2. The monoisotopic (exact) mass is 467 g/mol. The summed E-state index contributed by atoms with van der Waals surface area (Å²) in [5.41, 5.74) is 3.35. The minimum atomic E-state index is -0.874. The van der Waals surface area contributed by atoms with Crippen LogP contribution in [0.4, 0.5) is 5.69 Å². The van der Waals surface area contributed by atoms with Crippen LogP contribution in [0.15, 0.2) is 28.8 Å². The first-order valence-electron chi connectivity index (χ1n) is 10.6. The number of thioether (sulfide) groups is 1. The van der Waals surface area contributed by atoms with Crippen LogP contribution in [0.2, 0.25) is 0 Å². The van der Waals surface area contributed by atoms with Crippen molar-refractivity contribution in [1.29, 1.82) is 0 Å². The summed E-state index contributed by atoms with van der Waals surface area (Å²) in [5, 5.41) is 18.0. The van der Waals surface area contributed by atoms with Crippen LogP contribution in [0.5, 0.6) is 0 Å². The average molecular weight is 468 g/mol. The summed E-state index contributed by atoms with van der Waals surface area (Å²) in [6.45, 7) is 8.91. The molecule has 4 N–H and O–H groups in total. The van der Waals surface area contributed by atoms with E-state index in [1.165, 1.54) is 4.91 Å². The number of carboxylic acid groups (broad SMARTS) is 1. The summed E-state index contributed by atoms with van der Waals surface area (Å²) >= 11 is 1.60. The molecule has 1 amide bonds. The number of anilines is 1. The predicted octanol–water partition coefficient (Wildman–Crippen LogP) is 2.53. The molecule has 0 saturated heterocycles. The Kier molecular flexibility index (Phi) is 11.4. The fourth-order valence-corrected chi connectivity index (χ4v) is 3.79. The standard InChI is InChI=1S/C22H33N3O6S/c1-15-4-5-18(14-19(15)21(28)25-22-24-16(2)17(3)32-22)23-7-9-30-11-13-31-12-10-29-8-6-20(26)27/h4-5,14,22-24H,6-13H2,1-3H3,(H,25,28)(H,26,27). The zero-order chi connectivity index (χ0) is 23.3. The lowest BCUT2D eigenvalue weighted by Crippen LogP contribution is -2.39. The van der Waals surface area contributed by atoms with Crippen molar-refractivity contribution < 1.29 is 28.9 Å². The molecule has 1 aliphatic rings. The number of benzene rings is 1. The number of aliphatic carboxylic acids is 1. The van der Waals surface area contributed by atoms with Crippen molar-refractivity contribution >= 4 is 29.3 Å². The van der Waals surface area contributed by atoms with Gasteiger partial charge in [0.1, 0.15) is 0 Å². The maximum atomic E-state index is 12.7.